The molecule has 0 radical (unpaired) electrons. The Morgan fingerprint density at radius 1 is 0.765 bits per heavy atom. The second kappa shape index (κ2) is 3.68. The topological polar surface area (TPSA) is 0 Å². The zero-order valence-corrected chi connectivity index (χ0v) is 12.0. The van der Waals surface area contributed by atoms with Gasteiger partial charge in [0.1, 0.15) is 0 Å². The molecule has 0 saturated carbocycles. The maximum atomic E-state index is 6.11. The molecule has 0 N–H and O–H groups in total. The molecule has 0 aliphatic carbocycles. The molecule has 0 amide bonds. The second-order valence-electron chi connectivity index (χ2n) is 4.61. The van der Waals surface area contributed by atoms with Crippen LogP contribution in [0.15, 0.2) is 46.2 Å². The van der Waals surface area contributed by atoms with Crippen molar-refractivity contribution in [1.82, 2.24) is 0 Å². The highest BCUT2D eigenvalue weighted by Crippen LogP contribution is 2.67. The van der Waals surface area contributed by atoms with Crippen molar-refractivity contribution in [2.45, 2.75) is 9.79 Å². The molecule has 0 saturated heterocycles. The van der Waals surface area contributed by atoms with Gasteiger partial charge in [-0.3, -0.25) is 0 Å². The molecule has 0 aromatic heterocycles. The summed E-state index contributed by atoms with van der Waals surface area (Å²) in [4.78, 5) is 2.73. The number of fused-ring (bicyclic) bond motifs is 3. The zero-order valence-electron chi connectivity index (χ0n) is 9.63. The van der Waals surface area contributed by atoms with Crippen molar-refractivity contribution in [1.29, 1.82) is 0 Å². The highest BCUT2D eigenvalue weighted by atomic mass is 35.5. The van der Waals surface area contributed by atoms with Gasteiger partial charge in [-0.25, -0.2) is 0 Å². The van der Waals surface area contributed by atoms with Crippen molar-refractivity contribution in [2.24, 2.45) is 0 Å². The lowest BCUT2D eigenvalue weighted by Gasteiger charge is -2.28. The standard InChI is InChI=1S/C14H12Cl2S/c1-17(2)13-7-9(15)3-5-11(13)12-6-4-10(16)8-14(12)17/h3-8H,1-2H3. The largest absolute Gasteiger partial charge is 0.192 e. The Labute approximate surface area is 113 Å². The van der Waals surface area contributed by atoms with Gasteiger partial charge in [-0.15, -0.1) is 0 Å². The fraction of sp³-hybridized carbons (Fsp3) is 0.143. The first kappa shape index (κ1) is 11.5. The SMILES string of the molecule is CS1(C)c2cc(Cl)ccc2-c2ccc(Cl)cc21. The van der Waals surface area contributed by atoms with Crippen LogP contribution in [-0.4, -0.2) is 12.5 Å². The molecule has 0 atom stereocenters. The normalized spacial score (nSPS) is 17.4. The molecule has 0 fully saturated rings. The van der Waals surface area contributed by atoms with E-state index in [0.29, 0.717) is 0 Å². The molecule has 0 nitrogen and oxygen atoms in total. The summed E-state index contributed by atoms with van der Waals surface area (Å²) in [5, 5.41) is 1.62. The molecule has 0 spiro atoms. The average molecular weight is 283 g/mol. The Morgan fingerprint density at radius 3 is 1.59 bits per heavy atom. The molecule has 88 valence electrons. The third-order valence-electron chi connectivity index (χ3n) is 3.28. The molecule has 0 unspecified atom stereocenters. The molecule has 2 aromatic rings. The quantitative estimate of drug-likeness (QED) is 0.602. The lowest BCUT2D eigenvalue weighted by Crippen LogP contribution is -1.92. The Hall–Kier alpha value is -0.630. The number of hydrogen-bond donors (Lipinski definition) is 0. The first-order valence-corrected chi connectivity index (χ1v) is 8.53. The first-order chi connectivity index (χ1) is 8.00. The Balaban J connectivity index is 2.37. The van der Waals surface area contributed by atoms with Crippen molar-refractivity contribution in [3.63, 3.8) is 0 Å². The van der Waals surface area contributed by atoms with Gasteiger partial charge in [0.2, 0.25) is 0 Å². The summed E-state index contributed by atoms with van der Waals surface area (Å²) < 4.78 is 0. The minimum atomic E-state index is -0.979. The van der Waals surface area contributed by atoms with Crippen LogP contribution in [0.1, 0.15) is 0 Å². The summed E-state index contributed by atoms with van der Waals surface area (Å²) in [5.41, 5.74) is 2.61. The van der Waals surface area contributed by atoms with Gasteiger partial charge < -0.3 is 0 Å². The van der Waals surface area contributed by atoms with Crippen LogP contribution >= 0.6 is 33.2 Å². The monoisotopic (exact) mass is 282 g/mol. The predicted octanol–water partition coefficient (Wildman–Crippen LogP) is 5.46. The van der Waals surface area contributed by atoms with Gasteiger partial charge in [-0.1, -0.05) is 35.3 Å². The van der Waals surface area contributed by atoms with E-state index in [-0.39, 0.29) is 0 Å². The third kappa shape index (κ3) is 1.61. The molecule has 1 aliphatic heterocycles. The average Bonchev–Trinajstić information content (AvgIpc) is 2.49. The number of hydrogen-bond acceptors (Lipinski definition) is 0. The van der Waals surface area contributed by atoms with Crippen LogP contribution in [0.25, 0.3) is 11.1 Å². The Kier molecular flexibility index (Phi) is 2.48. The molecule has 17 heavy (non-hydrogen) atoms. The smallest absolute Gasteiger partial charge is 0.0417 e. The van der Waals surface area contributed by atoms with Crippen LogP contribution in [0.5, 0.6) is 0 Å². The Morgan fingerprint density at radius 2 is 1.18 bits per heavy atom. The summed E-state index contributed by atoms with van der Waals surface area (Å²) in [6.45, 7) is 0. The lowest BCUT2D eigenvalue weighted by molar-refractivity contribution is 1.45. The van der Waals surface area contributed by atoms with Crippen molar-refractivity contribution in [3.8, 4) is 11.1 Å². The van der Waals surface area contributed by atoms with Crippen LogP contribution in [0, 0.1) is 0 Å². The van der Waals surface area contributed by atoms with Gasteiger partial charge in [0.05, 0.1) is 0 Å². The van der Waals surface area contributed by atoms with Crippen molar-refractivity contribution in [2.75, 3.05) is 12.5 Å². The molecular formula is C14H12Cl2S. The van der Waals surface area contributed by atoms with Crippen LogP contribution < -0.4 is 0 Å². The van der Waals surface area contributed by atoms with Crippen molar-refractivity contribution >= 4 is 33.2 Å². The molecule has 3 heteroatoms. The van der Waals surface area contributed by atoms with Crippen LogP contribution in [0.2, 0.25) is 10.0 Å². The van der Waals surface area contributed by atoms with Crippen LogP contribution in [0.3, 0.4) is 0 Å². The van der Waals surface area contributed by atoms with Gasteiger partial charge in [0.15, 0.2) is 0 Å². The predicted molar refractivity (Wildman–Crippen MR) is 77.9 cm³/mol. The van der Waals surface area contributed by atoms with Gasteiger partial charge in [-0.2, -0.15) is 10.0 Å². The summed E-state index contributed by atoms with van der Waals surface area (Å²) in [5.74, 6) is 0. The van der Waals surface area contributed by atoms with E-state index in [1.807, 2.05) is 12.1 Å². The molecule has 2 aromatic carbocycles. The van der Waals surface area contributed by atoms with Crippen LogP contribution in [-0.2, 0) is 0 Å². The van der Waals surface area contributed by atoms with Gasteiger partial charge in [-0.05, 0) is 47.9 Å². The summed E-state index contributed by atoms with van der Waals surface area (Å²) >= 11 is 12.2. The molecule has 3 rings (SSSR count). The van der Waals surface area contributed by atoms with E-state index in [9.17, 15) is 0 Å². The van der Waals surface area contributed by atoms with Crippen molar-refractivity contribution in [3.05, 3.63) is 46.4 Å². The van der Waals surface area contributed by atoms with E-state index in [1.165, 1.54) is 20.9 Å². The van der Waals surface area contributed by atoms with E-state index in [4.69, 9.17) is 23.2 Å². The van der Waals surface area contributed by atoms with E-state index in [0.717, 1.165) is 10.0 Å². The number of rotatable bonds is 0. The Bertz CT molecular complexity index is 564. The maximum Gasteiger partial charge on any atom is 0.0417 e. The highest BCUT2D eigenvalue weighted by molar-refractivity contribution is 8.33. The molecule has 1 heterocycles. The maximum absolute atomic E-state index is 6.11. The van der Waals surface area contributed by atoms with Gasteiger partial charge >= 0.3 is 0 Å². The summed E-state index contributed by atoms with van der Waals surface area (Å²) in [7, 11) is -0.979. The molecule has 1 aliphatic rings. The minimum absolute atomic E-state index is 0.809. The lowest BCUT2D eigenvalue weighted by atomic mass is 10.1. The summed E-state index contributed by atoms with van der Waals surface area (Å²) in [6.07, 6.45) is 4.59. The summed E-state index contributed by atoms with van der Waals surface area (Å²) in [6, 6.07) is 12.3. The first-order valence-electron chi connectivity index (χ1n) is 5.33. The fourth-order valence-electron chi connectivity index (χ4n) is 2.40. The van der Waals surface area contributed by atoms with Crippen molar-refractivity contribution < 1.29 is 0 Å². The van der Waals surface area contributed by atoms with Crippen LogP contribution in [0.4, 0.5) is 0 Å². The van der Waals surface area contributed by atoms with Gasteiger partial charge in [0.25, 0.3) is 0 Å². The van der Waals surface area contributed by atoms with E-state index < -0.39 is 10.0 Å². The third-order valence-corrected chi connectivity index (χ3v) is 6.62. The highest BCUT2D eigenvalue weighted by Gasteiger charge is 2.31. The molecule has 0 bridgehead atoms. The van der Waals surface area contributed by atoms with Gasteiger partial charge in [0, 0.05) is 19.8 Å². The zero-order chi connectivity index (χ0) is 12.2. The van der Waals surface area contributed by atoms with E-state index in [2.05, 4.69) is 36.8 Å². The fourth-order valence-corrected chi connectivity index (χ4v) is 5.41. The second-order valence-corrected chi connectivity index (χ2v) is 9.01. The molecular weight excluding hydrogens is 271 g/mol. The number of benzene rings is 2. The minimum Gasteiger partial charge on any atom is -0.192 e. The van der Waals surface area contributed by atoms with E-state index >= 15 is 0 Å². The van der Waals surface area contributed by atoms with E-state index in [1.54, 1.807) is 0 Å². The number of halogens is 2.